The van der Waals surface area contributed by atoms with Gasteiger partial charge in [0.15, 0.2) is 5.82 Å². The molecule has 0 unspecified atom stereocenters. The van der Waals surface area contributed by atoms with E-state index in [2.05, 4.69) is 47.4 Å². The van der Waals surface area contributed by atoms with Crippen LogP contribution in [0.25, 0.3) is 0 Å². The van der Waals surface area contributed by atoms with Crippen LogP contribution in [0.1, 0.15) is 36.9 Å². The molecule has 10 heteroatoms. The SMILES string of the molecule is CN/C(C)=C\C(N)=Nc1nc(Nc2cc(C3CC3)c(F)c(C)n2)ncc1N1CCN(C)CC1. The van der Waals surface area contributed by atoms with Gasteiger partial charge in [-0.3, -0.25) is 0 Å². The lowest BCUT2D eigenvalue weighted by Crippen LogP contribution is -2.44. The van der Waals surface area contributed by atoms with Gasteiger partial charge in [0, 0.05) is 38.9 Å². The molecule has 2 aromatic heterocycles. The number of nitrogens with zero attached hydrogens (tertiary/aromatic N) is 6. The van der Waals surface area contributed by atoms with Crippen LogP contribution in [-0.4, -0.2) is 66.0 Å². The molecule has 0 spiro atoms. The Bertz CT molecular complexity index is 1070. The Morgan fingerprint density at radius 1 is 1.24 bits per heavy atom. The van der Waals surface area contributed by atoms with Gasteiger partial charge in [0.05, 0.1) is 11.9 Å². The summed E-state index contributed by atoms with van der Waals surface area (Å²) in [5.74, 6) is 1.74. The van der Waals surface area contributed by atoms with Crippen molar-refractivity contribution < 1.29 is 4.39 Å². The summed E-state index contributed by atoms with van der Waals surface area (Å²) in [6.07, 6.45) is 5.54. The smallest absolute Gasteiger partial charge is 0.230 e. The third-order valence-electron chi connectivity index (χ3n) is 6.00. The Morgan fingerprint density at radius 3 is 2.64 bits per heavy atom. The number of amidine groups is 1. The molecular formula is C23H32FN9. The molecule has 1 aliphatic heterocycles. The lowest BCUT2D eigenvalue weighted by atomic mass is 10.1. The van der Waals surface area contributed by atoms with Crippen LogP contribution < -0.4 is 21.3 Å². The van der Waals surface area contributed by atoms with Crippen molar-refractivity contribution in [3.05, 3.63) is 41.1 Å². The lowest BCUT2D eigenvalue weighted by Gasteiger charge is -2.34. The van der Waals surface area contributed by atoms with Crippen molar-refractivity contribution in [2.75, 3.05) is 50.5 Å². The van der Waals surface area contributed by atoms with Crippen molar-refractivity contribution in [2.45, 2.75) is 32.6 Å². The van der Waals surface area contributed by atoms with Gasteiger partial charge in [0.1, 0.15) is 23.2 Å². The minimum Gasteiger partial charge on any atom is -0.392 e. The van der Waals surface area contributed by atoms with Gasteiger partial charge in [-0.1, -0.05) is 0 Å². The van der Waals surface area contributed by atoms with Gasteiger partial charge in [0.25, 0.3) is 0 Å². The fourth-order valence-electron chi connectivity index (χ4n) is 3.78. The number of anilines is 3. The molecule has 33 heavy (non-hydrogen) atoms. The van der Waals surface area contributed by atoms with E-state index in [0.29, 0.717) is 34.7 Å². The molecule has 0 aromatic carbocycles. The van der Waals surface area contributed by atoms with Gasteiger partial charge >= 0.3 is 0 Å². The minimum absolute atomic E-state index is 0.223. The number of aliphatic imine (C=N–C) groups is 1. The Labute approximate surface area is 194 Å². The fourth-order valence-corrected chi connectivity index (χ4v) is 3.78. The molecule has 0 amide bonds. The molecule has 4 N–H and O–H groups in total. The van der Waals surface area contributed by atoms with Gasteiger partial charge in [-0.15, -0.1) is 0 Å². The molecule has 176 valence electrons. The summed E-state index contributed by atoms with van der Waals surface area (Å²) in [6, 6.07) is 1.76. The van der Waals surface area contributed by atoms with E-state index in [0.717, 1.165) is 50.4 Å². The maximum atomic E-state index is 14.5. The van der Waals surface area contributed by atoms with Crippen LogP contribution in [0.5, 0.6) is 0 Å². The number of hydrogen-bond acceptors (Lipinski definition) is 8. The number of halogens is 1. The van der Waals surface area contributed by atoms with E-state index in [9.17, 15) is 4.39 Å². The Morgan fingerprint density at radius 2 is 1.97 bits per heavy atom. The maximum absolute atomic E-state index is 14.5. The zero-order chi connectivity index (χ0) is 23.5. The second-order valence-electron chi connectivity index (χ2n) is 8.70. The number of nitrogens with two attached hydrogens (primary N) is 1. The molecule has 2 aromatic rings. The highest BCUT2D eigenvalue weighted by molar-refractivity contribution is 5.94. The molecule has 4 rings (SSSR count). The van der Waals surface area contributed by atoms with Crippen molar-refractivity contribution in [3.63, 3.8) is 0 Å². The molecule has 3 heterocycles. The Hall–Kier alpha value is -3.27. The second kappa shape index (κ2) is 9.70. The Balaban J connectivity index is 1.66. The van der Waals surface area contributed by atoms with Crippen LogP contribution in [-0.2, 0) is 0 Å². The Kier molecular flexibility index (Phi) is 6.73. The summed E-state index contributed by atoms with van der Waals surface area (Å²) in [5.41, 5.74) is 8.96. The molecule has 2 fully saturated rings. The lowest BCUT2D eigenvalue weighted by molar-refractivity contribution is 0.313. The zero-order valence-corrected chi connectivity index (χ0v) is 19.7. The molecular weight excluding hydrogens is 421 g/mol. The first-order chi connectivity index (χ1) is 15.8. The van der Waals surface area contributed by atoms with Crippen LogP contribution in [0.2, 0.25) is 0 Å². The monoisotopic (exact) mass is 453 g/mol. The quantitative estimate of drug-likeness (QED) is 0.434. The number of rotatable bonds is 7. The number of piperazine rings is 1. The van der Waals surface area contributed by atoms with Gasteiger partial charge in [0.2, 0.25) is 5.95 Å². The van der Waals surface area contributed by atoms with Gasteiger partial charge in [-0.05, 0) is 57.4 Å². The van der Waals surface area contributed by atoms with E-state index in [4.69, 9.17) is 5.73 Å². The van der Waals surface area contributed by atoms with Gasteiger partial charge in [-0.25, -0.2) is 19.4 Å². The summed E-state index contributed by atoms with van der Waals surface area (Å²) in [6.45, 7) is 7.18. The normalized spacial score (nSPS) is 17.9. The molecule has 9 nitrogen and oxygen atoms in total. The molecule has 2 aliphatic rings. The van der Waals surface area contributed by atoms with E-state index in [-0.39, 0.29) is 11.7 Å². The number of pyridine rings is 1. The third kappa shape index (κ3) is 5.57. The minimum atomic E-state index is -0.223. The number of likely N-dealkylation sites (N-methyl/N-ethyl adjacent to an activating group) is 1. The highest BCUT2D eigenvalue weighted by Crippen LogP contribution is 2.42. The van der Waals surface area contributed by atoms with Crippen LogP contribution in [0.4, 0.5) is 27.7 Å². The summed E-state index contributed by atoms with van der Waals surface area (Å²) in [4.78, 5) is 22.6. The van der Waals surface area contributed by atoms with Crippen LogP contribution >= 0.6 is 0 Å². The third-order valence-corrected chi connectivity index (χ3v) is 6.00. The average Bonchev–Trinajstić information content (AvgIpc) is 3.62. The van der Waals surface area contributed by atoms with Crippen molar-refractivity contribution >= 4 is 29.1 Å². The van der Waals surface area contributed by atoms with E-state index < -0.39 is 0 Å². The summed E-state index contributed by atoms with van der Waals surface area (Å²) in [5, 5.41) is 6.17. The summed E-state index contributed by atoms with van der Waals surface area (Å²) in [7, 11) is 3.94. The number of aryl methyl sites for hydroxylation is 1. The molecule has 0 radical (unpaired) electrons. The molecule has 1 saturated carbocycles. The van der Waals surface area contributed by atoms with Gasteiger partial charge < -0.3 is 26.2 Å². The van der Waals surface area contributed by atoms with Crippen molar-refractivity contribution in [1.29, 1.82) is 0 Å². The standard InChI is InChI=1S/C23H32FN9/c1-14(26-3)11-19(25)29-22-18(33-9-7-32(4)8-10-33)13-27-23(31-22)30-20-12-17(16-5-6-16)21(24)15(2)28-20/h11-13,16,26H,5-10H2,1-4H3,(H3,25,27,28,29,30,31)/b14-11-. The predicted octanol–water partition coefficient (Wildman–Crippen LogP) is 2.80. The van der Waals surface area contributed by atoms with E-state index >= 15 is 0 Å². The second-order valence-corrected chi connectivity index (χ2v) is 8.70. The van der Waals surface area contributed by atoms with Crippen LogP contribution in [0.3, 0.4) is 0 Å². The van der Waals surface area contributed by atoms with Crippen molar-refractivity contribution in [3.8, 4) is 0 Å². The maximum Gasteiger partial charge on any atom is 0.230 e. The zero-order valence-electron chi connectivity index (χ0n) is 19.7. The van der Waals surface area contributed by atoms with E-state index in [1.165, 1.54) is 0 Å². The van der Waals surface area contributed by atoms with Crippen molar-refractivity contribution in [2.24, 2.45) is 10.7 Å². The number of allylic oxidation sites excluding steroid dienone is 1. The summed E-state index contributed by atoms with van der Waals surface area (Å²) < 4.78 is 14.5. The highest BCUT2D eigenvalue weighted by atomic mass is 19.1. The van der Waals surface area contributed by atoms with E-state index in [1.807, 2.05) is 14.0 Å². The fraction of sp³-hybridized carbons (Fsp3) is 0.478. The molecule has 0 atom stereocenters. The number of hydrogen-bond donors (Lipinski definition) is 3. The number of aromatic nitrogens is 3. The van der Waals surface area contributed by atoms with Crippen LogP contribution in [0, 0.1) is 12.7 Å². The van der Waals surface area contributed by atoms with E-state index in [1.54, 1.807) is 25.3 Å². The first kappa shape index (κ1) is 22.9. The molecule has 1 aliphatic carbocycles. The molecule has 1 saturated heterocycles. The van der Waals surface area contributed by atoms with Crippen molar-refractivity contribution in [1.82, 2.24) is 25.2 Å². The van der Waals surface area contributed by atoms with Crippen LogP contribution in [0.15, 0.2) is 29.0 Å². The number of nitrogens with one attached hydrogen (secondary N) is 2. The van der Waals surface area contributed by atoms with Gasteiger partial charge in [-0.2, -0.15) is 4.98 Å². The predicted molar refractivity (Wildman–Crippen MR) is 130 cm³/mol. The largest absolute Gasteiger partial charge is 0.392 e. The average molecular weight is 454 g/mol. The highest BCUT2D eigenvalue weighted by Gasteiger charge is 2.28. The summed E-state index contributed by atoms with van der Waals surface area (Å²) >= 11 is 0. The first-order valence-corrected chi connectivity index (χ1v) is 11.3. The topological polar surface area (TPSA) is 108 Å². The first-order valence-electron chi connectivity index (χ1n) is 11.3. The molecule has 0 bridgehead atoms.